The summed E-state index contributed by atoms with van der Waals surface area (Å²) in [5, 5.41) is 1.91. The average Bonchev–Trinajstić information content (AvgIpc) is 2.79. The minimum absolute atomic E-state index is 0.114. The number of amides is 1. The Bertz CT molecular complexity index is 796. The van der Waals surface area contributed by atoms with Crippen molar-refractivity contribution in [1.82, 2.24) is 14.4 Å². The van der Waals surface area contributed by atoms with E-state index in [-0.39, 0.29) is 10.8 Å². The van der Waals surface area contributed by atoms with Crippen LogP contribution in [0, 0.1) is 13.8 Å². The maximum Gasteiger partial charge on any atom is 0.307 e. The van der Waals surface area contributed by atoms with Crippen LogP contribution in [-0.4, -0.2) is 53.0 Å². The van der Waals surface area contributed by atoms with E-state index < -0.39 is 0 Å². The van der Waals surface area contributed by atoms with Gasteiger partial charge in [0.15, 0.2) is 0 Å². The van der Waals surface area contributed by atoms with Gasteiger partial charge in [0.2, 0.25) is 0 Å². The van der Waals surface area contributed by atoms with Gasteiger partial charge in [-0.1, -0.05) is 29.0 Å². The summed E-state index contributed by atoms with van der Waals surface area (Å²) in [6.07, 6.45) is 0.967. The molecule has 1 aliphatic heterocycles. The Balaban J connectivity index is 1.57. The number of hydrogen-bond donors (Lipinski definition) is 0. The molecule has 1 aliphatic rings. The van der Waals surface area contributed by atoms with Gasteiger partial charge in [0, 0.05) is 49.4 Å². The van der Waals surface area contributed by atoms with E-state index in [4.69, 9.17) is 0 Å². The van der Waals surface area contributed by atoms with Crippen molar-refractivity contribution in [2.75, 3.05) is 32.7 Å². The molecule has 0 unspecified atom stereocenters. The lowest BCUT2D eigenvalue weighted by Gasteiger charge is -2.22. The number of nitrogens with zero attached hydrogens (tertiary/aromatic N) is 3. The predicted molar refractivity (Wildman–Crippen MR) is 101 cm³/mol. The Morgan fingerprint density at radius 2 is 1.96 bits per heavy atom. The Hall–Kier alpha value is -1.92. The molecule has 1 saturated heterocycles. The number of carbonyl (C=O) groups excluding carboxylic acids is 1. The molecule has 2 aromatic rings. The first-order chi connectivity index (χ1) is 12.0. The molecule has 0 aliphatic carbocycles. The second-order valence-electron chi connectivity index (χ2n) is 6.65. The molecular formula is C19H25N3O2S. The zero-order chi connectivity index (χ0) is 17.8. The average molecular weight is 359 g/mol. The molecule has 1 amide bonds. The van der Waals surface area contributed by atoms with Crippen molar-refractivity contribution in [3.05, 3.63) is 56.1 Å². The van der Waals surface area contributed by atoms with E-state index in [2.05, 4.69) is 4.90 Å². The topological polar surface area (TPSA) is 45.6 Å². The van der Waals surface area contributed by atoms with Crippen molar-refractivity contribution in [2.24, 2.45) is 0 Å². The summed E-state index contributed by atoms with van der Waals surface area (Å²) < 4.78 is 1.84. The number of aryl methyl sites for hydroxylation is 2. The predicted octanol–water partition coefficient (Wildman–Crippen LogP) is 2.37. The zero-order valence-corrected chi connectivity index (χ0v) is 15.7. The van der Waals surface area contributed by atoms with Gasteiger partial charge in [-0.15, -0.1) is 0 Å². The molecule has 0 bridgehead atoms. The highest BCUT2D eigenvalue weighted by molar-refractivity contribution is 7.07. The van der Waals surface area contributed by atoms with E-state index in [1.165, 1.54) is 11.3 Å². The lowest BCUT2D eigenvalue weighted by molar-refractivity contribution is 0.0761. The van der Waals surface area contributed by atoms with Gasteiger partial charge in [-0.2, -0.15) is 0 Å². The number of hydrogen-bond acceptors (Lipinski definition) is 4. The summed E-state index contributed by atoms with van der Waals surface area (Å²) >= 11 is 1.26. The van der Waals surface area contributed by atoms with E-state index >= 15 is 0 Å². The molecule has 2 heterocycles. The number of benzene rings is 1. The van der Waals surface area contributed by atoms with Crippen LogP contribution < -0.4 is 4.87 Å². The van der Waals surface area contributed by atoms with Gasteiger partial charge >= 0.3 is 4.87 Å². The third-order valence-electron chi connectivity index (χ3n) is 4.76. The Labute approximate surface area is 152 Å². The van der Waals surface area contributed by atoms with Crippen molar-refractivity contribution >= 4 is 17.2 Å². The largest absolute Gasteiger partial charge is 0.337 e. The third-order valence-corrected chi connectivity index (χ3v) is 5.64. The zero-order valence-electron chi connectivity index (χ0n) is 14.9. The van der Waals surface area contributed by atoms with E-state index in [0.717, 1.165) is 62.5 Å². The van der Waals surface area contributed by atoms with Gasteiger partial charge in [0.05, 0.1) is 0 Å². The van der Waals surface area contributed by atoms with Crippen molar-refractivity contribution in [3.8, 4) is 0 Å². The SMILES string of the molecule is Cc1cccc(C(=O)N2CCCN(CCn3c(C)csc3=O)CC2)c1. The van der Waals surface area contributed by atoms with Crippen molar-refractivity contribution in [1.29, 1.82) is 0 Å². The fourth-order valence-electron chi connectivity index (χ4n) is 3.27. The number of aromatic nitrogens is 1. The van der Waals surface area contributed by atoms with Crippen molar-refractivity contribution in [2.45, 2.75) is 26.8 Å². The second kappa shape index (κ2) is 7.97. The molecule has 0 radical (unpaired) electrons. The monoisotopic (exact) mass is 359 g/mol. The number of thiazole rings is 1. The van der Waals surface area contributed by atoms with Crippen LogP contribution >= 0.6 is 11.3 Å². The van der Waals surface area contributed by atoms with E-state index in [1.54, 1.807) is 0 Å². The molecule has 3 rings (SSSR count). The summed E-state index contributed by atoms with van der Waals surface area (Å²) in [6.45, 7) is 8.91. The Morgan fingerprint density at radius 3 is 2.68 bits per heavy atom. The normalized spacial score (nSPS) is 16.0. The molecule has 0 saturated carbocycles. The standard InChI is InChI=1S/C19H25N3O2S/c1-15-5-3-6-17(13-15)18(23)21-8-4-7-20(9-11-21)10-12-22-16(2)14-25-19(22)24/h3,5-6,13-14H,4,7-12H2,1-2H3. The van der Waals surface area contributed by atoms with Crippen LogP contribution in [0.25, 0.3) is 0 Å². The number of rotatable bonds is 4. The minimum Gasteiger partial charge on any atom is -0.337 e. The summed E-state index contributed by atoms with van der Waals surface area (Å²) in [5.74, 6) is 0.121. The highest BCUT2D eigenvalue weighted by Crippen LogP contribution is 2.11. The van der Waals surface area contributed by atoms with Crippen LogP contribution in [0.3, 0.4) is 0 Å². The minimum atomic E-state index is 0.114. The number of carbonyl (C=O) groups is 1. The molecule has 1 aromatic heterocycles. The molecule has 25 heavy (non-hydrogen) atoms. The fourth-order valence-corrected chi connectivity index (χ4v) is 4.04. The summed E-state index contributed by atoms with van der Waals surface area (Å²) in [6, 6.07) is 7.80. The highest BCUT2D eigenvalue weighted by atomic mass is 32.1. The Kier molecular flexibility index (Phi) is 5.71. The van der Waals surface area contributed by atoms with Crippen LogP contribution in [0.2, 0.25) is 0 Å². The molecule has 1 fully saturated rings. The molecule has 134 valence electrons. The molecule has 0 spiro atoms. The molecule has 0 atom stereocenters. The first-order valence-corrected chi connectivity index (χ1v) is 9.66. The van der Waals surface area contributed by atoms with Gasteiger partial charge in [0.25, 0.3) is 5.91 Å². The maximum absolute atomic E-state index is 12.7. The third kappa shape index (κ3) is 4.38. The molecule has 1 aromatic carbocycles. The lowest BCUT2D eigenvalue weighted by atomic mass is 10.1. The molecule has 6 heteroatoms. The van der Waals surface area contributed by atoms with Crippen LogP contribution in [0.15, 0.2) is 34.4 Å². The first-order valence-electron chi connectivity index (χ1n) is 8.78. The van der Waals surface area contributed by atoms with Crippen LogP contribution in [0.1, 0.15) is 28.0 Å². The van der Waals surface area contributed by atoms with Gasteiger partial charge in [-0.05, 0) is 38.9 Å². The van der Waals surface area contributed by atoms with Gasteiger partial charge < -0.3 is 9.47 Å². The summed E-state index contributed by atoms with van der Waals surface area (Å²) in [4.78, 5) is 28.9. The van der Waals surface area contributed by atoms with E-state index in [9.17, 15) is 9.59 Å². The smallest absolute Gasteiger partial charge is 0.307 e. The van der Waals surface area contributed by atoms with E-state index in [0.29, 0.717) is 0 Å². The molecular weight excluding hydrogens is 334 g/mol. The van der Waals surface area contributed by atoms with Gasteiger partial charge in [0.1, 0.15) is 0 Å². The van der Waals surface area contributed by atoms with Crippen molar-refractivity contribution < 1.29 is 4.79 Å². The second-order valence-corrected chi connectivity index (χ2v) is 7.47. The molecule has 0 N–H and O–H groups in total. The quantitative estimate of drug-likeness (QED) is 0.842. The fraction of sp³-hybridized carbons (Fsp3) is 0.474. The van der Waals surface area contributed by atoms with Gasteiger partial charge in [-0.25, -0.2) is 0 Å². The Morgan fingerprint density at radius 1 is 1.12 bits per heavy atom. The first kappa shape index (κ1) is 17.9. The van der Waals surface area contributed by atoms with E-state index in [1.807, 2.05) is 53.0 Å². The maximum atomic E-state index is 12.7. The van der Waals surface area contributed by atoms with Crippen LogP contribution in [0.4, 0.5) is 0 Å². The van der Waals surface area contributed by atoms with Crippen molar-refractivity contribution in [3.63, 3.8) is 0 Å². The highest BCUT2D eigenvalue weighted by Gasteiger charge is 2.20. The molecule has 5 nitrogen and oxygen atoms in total. The lowest BCUT2D eigenvalue weighted by Crippen LogP contribution is -2.36. The van der Waals surface area contributed by atoms with Gasteiger partial charge in [-0.3, -0.25) is 14.5 Å². The van der Waals surface area contributed by atoms with Crippen LogP contribution in [0.5, 0.6) is 0 Å². The summed E-state index contributed by atoms with van der Waals surface area (Å²) in [7, 11) is 0. The summed E-state index contributed by atoms with van der Waals surface area (Å²) in [5.41, 5.74) is 2.91. The van der Waals surface area contributed by atoms with Crippen LogP contribution in [-0.2, 0) is 6.54 Å².